The smallest absolute Gasteiger partial charge is 0.244 e. The Hall–Kier alpha value is -0.890. The van der Waals surface area contributed by atoms with Crippen molar-refractivity contribution in [3.8, 4) is 0 Å². The number of halogens is 1. The number of pyridine rings is 1. The molecule has 1 fully saturated rings. The van der Waals surface area contributed by atoms with Crippen LogP contribution >= 0.6 is 11.6 Å². The number of nitrogens with zero attached hydrogens (tertiary/aromatic N) is 3. The molecule has 0 aromatic carbocycles. The third-order valence-corrected chi connectivity index (χ3v) is 5.76. The third kappa shape index (κ3) is 3.48. The number of likely N-dealkylation sites (N-methyl/N-ethyl adjacent to an activating group) is 1. The minimum absolute atomic E-state index is 0.00718. The van der Waals surface area contributed by atoms with Crippen LogP contribution in [0.15, 0.2) is 17.2 Å². The summed E-state index contributed by atoms with van der Waals surface area (Å²) in [5, 5.41) is 3.13. The molecule has 1 aromatic rings. The largest absolute Gasteiger partial charge is 0.372 e. The summed E-state index contributed by atoms with van der Waals surface area (Å²) in [5.41, 5.74) is 0. The van der Waals surface area contributed by atoms with Crippen LogP contribution < -0.4 is 5.32 Å². The molecule has 0 spiro atoms. The average Bonchev–Trinajstić information content (AvgIpc) is 2.86. The van der Waals surface area contributed by atoms with Gasteiger partial charge >= 0.3 is 0 Å². The van der Waals surface area contributed by atoms with Gasteiger partial charge in [0.2, 0.25) is 10.0 Å². The van der Waals surface area contributed by atoms with Gasteiger partial charge in [0, 0.05) is 32.4 Å². The number of anilines is 1. The first-order valence-corrected chi connectivity index (χ1v) is 8.68. The summed E-state index contributed by atoms with van der Waals surface area (Å²) in [5.74, 6) is 0.474. The summed E-state index contributed by atoms with van der Waals surface area (Å²) in [6, 6.07) is 1.47. The minimum Gasteiger partial charge on any atom is -0.372 e. The normalized spacial score (nSPS) is 20.1. The molecule has 2 heterocycles. The summed E-state index contributed by atoms with van der Waals surface area (Å²) in [6.07, 6.45) is 3.12. The molecular weight excluding hydrogens is 312 g/mol. The Morgan fingerprint density at radius 3 is 2.81 bits per heavy atom. The SMILES string of the molecule is CNc1ncc(S(=O)(=O)N2CCCC2CN(C)C)cc1Cl. The van der Waals surface area contributed by atoms with Gasteiger partial charge < -0.3 is 10.2 Å². The van der Waals surface area contributed by atoms with Gasteiger partial charge in [0.1, 0.15) is 10.7 Å². The Morgan fingerprint density at radius 2 is 2.24 bits per heavy atom. The standard InChI is InChI=1S/C13H21ClN4O2S/c1-15-13-12(14)7-11(8-16-13)21(19,20)18-6-4-5-10(18)9-17(2)3/h7-8,10H,4-6,9H2,1-3H3,(H,15,16). The van der Waals surface area contributed by atoms with Crippen molar-refractivity contribution >= 4 is 27.4 Å². The van der Waals surface area contributed by atoms with E-state index in [-0.39, 0.29) is 10.9 Å². The van der Waals surface area contributed by atoms with Crippen molar-refractivity contribution < 1.29 is 8.42 Å². The van der Waals surface area contributed by atoms with Gasteiger partial charge in [-0.2, -0.15) is 4.31 Å². The predicted octanol–water partition coefficient (Wildman–Crippen LogP) is 1.49. The van der Waals surface area contributed by atoms with Crippen LogP contribution in [-0.2, 0) is 10.0 Å². The molecule has 0 amide bonds. The molecule has 0 radical (unpaired) electrons. The number of hydrogen-bond acceptors (Lipinski definition) is 5. The van der Waals surface area contributed by atoms with Crippen LogP contribution in [-0.4, -0.2) is 62.9 Å². The van der Waals surface area contributed by atoms with E-state index in [0.717, 1.165) is 19.4 Å². The van der Waals surface area contributed by atoms with E-state index in [1.54, 1.807) is 11.4 Å². The lowest BCUT2D eigenvalue weighted by Crippen LogP contribution is -2.41. The molecule has 2 rings (SSSR count). The molecule has 1 aliphatic heterocycles. The van der Waals surface area contributed by atoms with E-state index in [4.69, 9.17) is 11.6 Å². The van der Waals surface area contributed by atoms with E-state index in [0.29, 0.717) is 17.4 Å². The van der Waals surface area contributed by atoms with E-state index >= 15 is 0 Å². The molecule has 6 nitrogen and oxygen atoms in total. The first-order valence-electron chi connectivity index (χ1n) is 6.86. The zero-order valence-electron chi connectivity index (χ0n) is 12.5. The lowest BCUT2D eigenvalue weighted by Gasteiger charge is -2.26. The van der Waals surface area contributed by atoms with Gasteiger partial charge in [-0.15, -0.1) is 0 Å². The molecular formula is C13H21ClN4O2S. The predicted molar refractivity (Wildman–Crippen MR) is 84.3 cm³/mol. The maximum atomic E-state index is 12.8. The van der Waals surface area contributed by atoms with E-state index in [1.165, 1.54) is 12.3 Å². The second kappa shape index (κ2) is 6.48. The summed E-state index contributed by atoms with van der Waals surface area (Å²) >= 11 is 6.05. The van der Waals surface area contributed by atoms with E-state index in [1.807, 2.05) is 19.0 Å². The molecule has 1 aromatic heterocycles. The molecule has 0 aliphatic carbocycles. The van der Waals surface area contributed by atoms with Gasteiger partial charge in [-0.3, -0.25) is 0 Å². The number of hydrogen-bond donors (Lipinski definition) is 1. The Balaban J connectivity index is 2.30. The first kappa shape index (κ1) is 16.5. The van der Waals surface area contributed by atoms with E-state index < -0.39 is 10.0 Å². The maximum absolute atomic E-state index is 12.8. The molecule has 0 bridgehead atoms. The summed E-state index contributed by atoms with van der Waals surface area (Å²) in [7, 11) is 2.04. The van der Waals surface area contributed by atoms with Crippen molar-refractivity contribution in [3.63, 3.8) is 0 Å². The summed E-state index contributed by atoms with van der Waals surface area (Å²) < 4.78 is 27.1. The number of sulfonamides is 1. The van der Waals surface area contributed by atoms with Gasteiger partial charge in [-0.1, -0.05) is 11.6 Å². The zero-order chi connectivity index (χ0) is 15.6. The Kier molecular flexibility index (Phi) is 5.08. The van der Waals surface area contributed by atoms with Gasteiger partial charge in [0.25, 0.3) is 0 Å². The second-order valence-corrected chi connectivity index (χ2v) is 7.72. The van der Waals surface area contributed by atoms with Crippen LogP contribution in [0.3, 0.4) is 0 Å². The van der Waals surface area contributed by atoms with Gasteiger partial charge in [-0.25, -0.2) is 13.4 Å². The van der Waals surface area contributed by atoms with Gasteiger partial charge in [-0.05, 0) is 33.0 Å². The maximum Gasteiger partial charge on any atom is 0.244 e. The van der Waals surface area contributed by atoms with Crippen molar-refractivity contribution in [1.29, 1.82) is 0 Å². The molecule has 1 N–H and O–H groups in total. The van der Waals surface area contributed by atoms with Crippen molar-refractivity contribution in [2.24, 2.45) is 0 Å². The van der Waals surface area contributed by atoms with Crippen LogP contribution in [0.4, 0.5) is 5.82 Å². The highest BCUT2D eigenvalue weighted by molar-refractivity contribution is 7.89. The molecule has 0 saturated carbocycles. The fourth-order valence-corrected chi connectivity index (χ4v) is 4.59. The lowest BCUT2D eigenvalue weighted by molar-refractivity contribution is 0.291. The summed E-state index contributed by atoms with van der Waals surface area (Å²) in [4.78, 5) is 6.22. The highest BCUT2D eigenvalue weighted by Gasteiger charge is 2.35. The zero-order valence-corrected chi connectivity index (χ0v) is 14.1. The van der Waals surface area contributed by atoms with Crippen LogP contribution in [0.5, 0.6) is 0 Å². The number of nitrogens with one attached hydrogen (secondary N) is 1. The van der Waals surface area contributed by atoms with Crippen LogP contribution in [0, 0.1) is 0 Å². The third-order valence-electron chi connectivity index (χ3n) is 3.56. The molecule has 1 atom stereocenters. The Morgan fingerprint density at radius 1 is 1.52 bits per heavy atom. The number of rotatable bonds is 5. The van der Waals surface area contributed by atoms with E-state index in [2.05, 4.69) is 10.3 Å². The molecule has 1 aliphatic rings. The minimum atomic E-state index is -3.55. The van der Waals surface area contributed by atoms with Crippen LogP contribution in [0.25, 0.3) is 0 Å². The first-order chi connectivity index (χ1) is 9.86. The molecule has 8 heteroatoms. The molecule has 1 saturated heterocycles. The lowest BCUT2D eigenvalue weighted by atomic mass is 10.2. The highest BCUT2D eigenvalue weighted by Crippen LogP contribution is 2.29. The van der Waals surface area contributed by atoms with Crippen LogP contribution in [0.2, 0.25) is 5.02 Å². The monoisotopic (exact) mass is 332 g/mol. The topological polar surface area (TPSA) is 65.5 Å². The van der Waals surface area contributed by atoms with Crippen molar-refractivity contribution in [2.45, 2.75) is 23.8 Å². The fraction of sp³-hybridized carbons (Fsp3) is 0.615. The molecule has 1 unspecified atom stereocenters. The molecule has 118 valence electrons. The summed E-state index contributed by atoms with van der Waals surface area (Å²) in [6.45, 7) is 1.27. The van der Waals surface area contributed by atoms with Crippen molar-refractivity contribution in [1.82, 2.24) is 14.2 Å². The van der Waals surface area contributed by atoms with Gasteiger partial charge in [0.05, 0.1) is 5.02 Å². The van der Waals surface area contributed by atoms with Gasteiger partial charge in [0.15, 0.2) is 0 Å². The average molecular weight is 333 g/mol. The fourth-order valence-electron chi connectivity index (χ4n) is 2.61. The van der Waals surface area contributed by atoms with Crippen LogP contribution in [0.1, 0.15) is 12.8 Å². The Bertz CT molecular complexity index is 606. The highest BCUT2D eigenvalue weighted by atomic mass is 35.5. The molecule has 21 heavy (non-hydrogen) atoms. The second-order valence-electron chi connectivity index (χ2n) is 5.43. The Labute approximate surface area is 131 Å². The quantitative estimate of drug-likeness (QED) is 0.885. The van der Waals surface area contributed by atoms with Crippen molar-refractivity contribution in [2.75, 3.05) is 39.5 Å². The van der Waals surface area contributed by atoms with Crippen molar-refractivity contribution in [3.05, 3.63) is 17.3 Å². The van der Waals surface area contributed by atoms with E-state index in [9.17, 15) is 8.42 Å². The number of aromatic nitrogens is 1.